The smallest absolute Gasteiger partial charge is 0.416 e. The molecule has 0 fully saturated rings. The Hall–Kier alpha value is -3.88. The van der Waals surface area contributed by atoms with Crippen molar-refractivity contribution in [2.45, 2.75) is 52.5 Å². The van der Waals surface area contributed by atoms with E-state index in [9.17, 15) is 18.0 Å². The van der Waals surface area contributed by atoms with Gasteiger partial charge in [0.2, 0.25) is 0 Å². The molecule has 0 radical (unpaired) electrons. The zero-order valence-electron chi connectivity index (χ0n) is 22.9. The molecule has 5 nitrogen and oxygen atoms in total. The molecule has 5 aromatic rings. The molecule has 8 heteroatoms. The first-order valence-corrected chi connectivity index (χ1v) is 13.3. The molecule has 0 saturated carbocycles. The first kappa shape index (κ1) is 27.7. The molecule has 0 saturated heterocycles. The van der Waals surface area contributed by atoms with E-state index in [4.69, 9.17) is 4.42 Å². The Balaban J connectivity index is 1.29. The maximum atomic E-state index is 13.4. The molecule has 0 spiro atoms. The maximum Gasteiger partial charge on any atom is 0.416 e. The number of fused-ring (bicyclic) bond motifs is 2. The van der Waals surface area contributed by atoms with Crippen molar-refractivity contribution in [2.75, 3.05) is 6.54 Å². The summed E-state index contributed by atoms with van der Waals surface area (Å²) in [6, 6.07) is 16.8. The van der Waals surface area contributed by atoms with E-state index in [0.29, 0.717) is 35.3 Å². The van der Waals surface area contributed by atoms with Gasteiger partial charge in [0.25, 0.3) is 0 Å². The molecule has 2 heterocycles. The number of hydrogen-bond acceptors (Lipinski definition) is 4. The summed E-state index contributed by atoms with van der Waals surface area (Å²) >= 11 is 0. The topological polar surface area (TPSA) is 59.2 Å². The van der Waals surface area contributed by atoms with Crippen LogP contribution in [0.4, 0.5) is 13.2 Å². The van der Waals surface area contributed by atoms with E-state index in [2.05, 4.69) is 10.6 Å². The molecule has 0 aliphatic carbocycles. The van der Waals surface area contributed by atoms with Crippen LogP contribution in [0.5, 0.6) is 0 Å². The Kier molecular flexibility index (Phi) is 7.57. The van der Waals surface area contributed by atoms with Crippen LogP contribution in [-0.4, -0.2) is 17.2 Å². The van der Waals surface area contributed by atoms with Gasteiger partial charge in [0.05, 0.1) is 22.7 Å². The van der Waals surface area contributed by atoms with E-state index in [0.717, 1.165) is 33.7 Å². The van der Waals surface area contributed by atoms with Crippen molar-refractivity contribution in [2.24, 2.45) is 0 Å². The van der Waals surface area contributed by atoms with Crippen molar-refractivity contribution in [3.63, 3.8) is 0 Å². The van der Waals surface area contributed by atoms with Gasteiger partial charge in [0.1, 0.15) is 5.58 Å². The fourth-order valence-electron chi connectivity index (χ4n) is 4.96. The Labute approximate surface area is 230 Å². The number of alkyl halides is 3. The van der Waals surface area contributed by atoms with E-state index >= 15 is 0 Å². The monoisotopic (exact) mass is 547 g/mol. The van der Waals surface area contributed by atoms with E-state index in [-0.39, 0.29) is 17.5 Å². The summed E-state index contributed by atoms with van der Waals surface area (Å²) in [5.41, 5.74) is 4.85. The molecule has 2 aromatic heterocycles. The molecule has 2 unspecified atom stereocenters. The summed E-state index contributed by atoms with van der Waals surface area (Å²) in [7, 11) is 0. The predicted octanol–water partition coefficient (Wildman–Crippen LogP) is 7.20. The van der Waals surface area contributed by atoms with Crippen LogP contribution < -0.4 is 16.1 Å². The number of nitrogens with zero attached hydrogens (tertiary/aromatic N) is 1. The molecule has 40 heavy (non-hydrogen) atoms. The van der Waals surface area contributed by atoms with Crippen LogP contribution in [0.3, 0.4) is 0 Å². The van der Waals surface area contributed by atoms with Crippen LogP contribution in [0.25, 0.3) is 27.6 Å². The van der Waals surface area contributed by atoms with Gasteiger partial charge < -0.3 is 19.6 Å². The van der Waals surface area contributed by atoms with Crippen LogP contribution >= 0.6 is 0 Å². The van der Waals surface area contributed by atoms with Crippen LogP contribution in [0.2, 0.25) is 0 Å². The lowest BCUT2D eigenvalue weighted by atomic mass is 10.1. The number of benzene rings is 3. The van der Waals surface area contributed by atoms with Crippen molar-refractivity contribution >= 4 is 21.9 Å². The van der Waals surface area contributed by atoms with Gasteiger partial charge in [-0.2, -0.15) is 13.2 Å². The fraction of sp³-hybridized carbons (Fsp3) is 0.281. The number of halogens is 3. The van der Waals surface area contributed by atoms with Gasteiger partial charge in [-0.05, 0) is 80.8 Å². The molecule has 3 aromatic carbocycles. The first-order chi connectivity index (χ1) is 19.0. The third kappa shape index (κ3) is 5.55. The number of para-hydroxylation sites is 1. The second-order valence-corrected chi connectivity index (χ2v) is 10.5. The number of hydrogen-bond donors (Lipinski definition) is 2. The van der Waals surface area contributed by atoms with Crippen molar-refractivity contribution < 1.29 is 17.6 Å². The number of aryl methyl sites for hydroxylation is 2. The Morgan fingerprint density at radius 1 is 0.925 bits per heavy atom. The van der Waals surface area contributed by atoms with Gasteiger partial charge >= 0.3 is 6.18 Å². The standard InChI is InChI=1S/C32H32F3N3O2/c1-19-12-27-30(13-20(19)2)40-18-23(31(27)39)16-36-21(3)15-37-22(4)28-17-38(29-11-6-5-10-26(28)29)25-9-7-8-24(14-25)32(33,34)35/h5-14,17-18,21-22,36-37H,15-16H2,1-4H3. The SMILES string of the molecule is Cc1cc2occ(CNC(C)CNC(C)c3cn(-c4cccc(C(F)(F)F)c4)c4ccccc34)c(=O)c2cc1C. The summed E-state index contributed by atoms with van der Waals surface area (Å²) in [6.45, 7) is 9.02. The van der Waals surface area contributed by atoms with Crippen molar-refractivity contribution in [3.8, 4) is 5.69 Å². The van der Waals surface area contributed by atoms with E-state index in [1.165, 1.54) is 18.4 Å². The summed E-state index contributed by atoms with van der Waals surface area (Å²) in [5.74, 6) is 0. The normalized spacial score (nSPS) is 13.7. The second kappa shape index (κ2) is 10.9. The summed E-state index contributed by atoms with van der Waals surface area (Å²) in [4.78, 5) is 13.0. The van der Waals surface area contributed by atoms with Crippen LogP contribution in [0.15, 0.2) is 82.3 Å². The summed E-state index contributed by atoms with van der Waals surface area (Å²) < 4.78 is 47.6. The van der Waals surface area contributed by atoms with Crippen molar-refractivity contribution in [1.82, 2.24) is 15.2 Å². The van der Waals surface area contributed by atoms with Gasteiger partial charge in [-0.15, -0.1) is 0 Å². The highest BCUT2D eigenvalue weighted by molar-refractivity contribution is 5.86. The highest BCUT2D eigenvalue weighted by Gasteiger charge is 2.30. The fourth-order valence-corrected chi connectivity index (χ4v) is 4.96. The number of aromatic nitrogens is 1. The number of nitrogens with one attached hydrogen (secondary N) is 2. The average molecular weight is 548 g/mol. The first-order valence-electron chi connectivity index (χ1n) is 13.3. The minimum Gasteiger partial charge on any atom is -0.464 e. The highest BCUT2D eigenvalue weighted by Crippen LogP contribution is 2.33. The molecule has 2 N–H and O–H groups in total. The molecule has 0 bridgehead atoms. The molecule has 2 atom stereocenters. The van der Waals surface area contributed by atoms with Crippen molar-refractivity contribution in [3.05, 3.63) is 111 Å². The Bertz CT molecular complexity index is 1740. The minimum atomic E-state index is -4.41. The Morgan fingerprint density at radius 3 is 2.45 bits per heavy atom. The summed E-state index contributed by atoms with van der Waals surface area (Å²) in [6.07, 6.45) is -0.983. The zero-order valence-corrected chi connectivity index (χ0v) is 22.9. The van der Waals surface area contributed by atoms with Crippen LogP contribution in [-0.2, 0) is 12.7 Å². The molecule has 208 valence electrons. The van der Waals surface area contributed by atoms with Gasteiger partial charge in [0.15, 0.2) is 5.43 Å². The Morgan fingerprint density at radius 2 is 1.68 bits per heavy atom. The summed E-state index contributed by atoms with van der Waals surface area (Å²) in [5, 5.41) is 8.47. The lowest BCUT2D eigenvalue weighted by molar-refractivity contribution is -0.137. The third-order valence-electron chi connectivity index (χ3n) is 7.49. The van der Waals surface area contributed by atoms with Gasteiger partial charge in [-0.1, -0.05) is 24.3 Å². The van der Waals surface area contributed by atoms with Gasteiger partial charge in [-0.25, -0.2) is 0 Å². The molecule has 0 aliphatic rings. The van der Waals surface area contributed by atoms with Crippen LogP contribution in [0.1, 0.15) is 47.7 Å². The zero-order chi connectivity index (χ0) is 28.6. The molecule has 0 amide bonds. The maximum absolute atomic E-state index is 13.4. The average Bonchev–Trinajstić information content (AvgIpc) is 3.32. The van der Waals surface area contributed by atoms with E-state index < -0.39 is 11.7 Å². The van der Waals surface area contributed by atoms with E-state index in [1.807, 2.05) is 74.9 Å². The number of rotatable bonds is 8. The van der Waals surface area contributed by atoms with Crippen molar-refractivity contribution in [1.29, 1.82) is 0 Å². The third-order valence-corrected chi connectivity index (χ3v) is 7.49. The highest BCUT2D eigenvalue weighted by atomic mass is 19.4. The van der Waals surface area contributed by atoms with Gasteiger partial charge in [0, 0.05) is 48.0 Å². The van der Waals surface area contributed by atoms with E-state index in [1.54, 1.807) is 6.07 Å². The quantitative estimate of drug-likeness (QED) is 0.216. The lowest BCUT2D eigenvalue weighted by Gasteiger charge is -2.19. The lowest BCUT2D eigenvalue weighted by Crippen LogP contribution is -2.37. The predicted molar refractivity (Wildman–Crippen MR) is 153 cm³/mol. The molecule has 0 aliphatic heterocycles. The second-order valence-electron chi connectivity index (χ2n) is 10.5. The molecular formula is C32H32F3N3O2. The molecule has 5 rings (SSSR count). The van der Waals surface area contributed by atoms with Crippen LogP contribution in [0, 0.1) is 13.8 Å². The minimum absolute atomic E-state index is 0.0345. The van der Waals surface area contributed by atoms with Gasteiger partial charge in [-0.3, -0.25) is 4.79 Å². The molecular weight excluding hydrogens is 515 g/mol. The largest absolute Gasteiger partial charge is 0.464 e.